The Morgan fingerprint density at radius 3 is 2.20 bits per heavy atom. The fraction of sp³-hybridized carbons (Fsp3) is 0.385. The molecule has 1 saturated heterocycles. The highest BCUT2D eigenvalue weighted by atomic mass is 79.9. The van der Waals surface area contributed by atoms with E-state index in [-0.39, 0.29) is 17.3 Å². The number of carbonyl (C=O) groups is 2. The van der Waals surface area contributed by atoms with Crippen molar-refractivity contribution in [1.29, 1.82) is 0 Å². The molecule has 0 aliphatic carbocycles. The number of carbonyl (C=O) groups excluding carboxylic acids is 1. The van der Waals surface area contributed by atoms with E-state index in [0.717, 1.165) is 30.4 Å². The Bertz CT molecular complexity index is 488. The number of aromatic carboxylic acids is 1. The Balaban J connectivity index is 0.000000204. The zero-order chi connectivity index (χ0) is 15.1. The molecule has 1 aromatic rings. The lowest BCUT2D eigenvalue weighted by Crippen LogP contribution is -2.39. The molecule has 2 amide bonds. The quantitative estimate of drug-likeness (QED) is 0.679. The molecule has 0 spiro atoms. The van der Waals surface area contributed by atoms with Gasteiger partial charge in [-0.1, -0.05) is 15.9 Å². The molecule has 1 aliphatic rings. The third kappa shape index (κ3) is 5.08. The van der Waals surface area contributed by atoms with Gasteiger partial charge < -0.3 is 21.5 Å². The Morgan fingerprint density at radius 2 is 1.80 bits per heavy atom. The van der Waals surface area contributed by atoms with E-state index >= 15 is 0 Å². The summed E-state index contributed by atoms with van der Waals surface area (Å²) < 4.78 is 0.778. The minimum absolute atomic E-state index is 0.133. The third-order valence-electron chi connectivity index (χ3n) is 2.91. The first kappa shape index (κ1) is 16.3. The second-order valence-electron chi connectivity index (χ2n) is 4.42. The number of nitrogens with zero attached hydrogens (tertiary/aromatic N) is 1. The summed E-state index contributed by atoms with van der Waals surface area (Å²) in [6, 6.07) is 4.39. The van der Waals surface area contributed by atoms with Crippen molar-refractivity contribution in [3.05, 3.63) is 28.2 Å². The van der Waals surface area contributed by atoms with Gasteiger partial charge in [0, 0.05) is 23.2 Å². The number of amides is 2. The number of carboxylic acids is 1. The van der Waals surface area contributed by atoms with E-state index in [1.807, 2.05) is 0 Å². The number of anilines is 1. The SMILES string of the molecule is NC(=O)N1CCCCC1.Nc1cc(Br)ccc1C(=O)O. The molecule has 0 unspecified atom stereocenters. The van der Waals surface area contributed by atoms with Gasteiger partial charge in [-0.15, -0.1) is 0 Å². The van der Waals surface area contributed by atoms with Gasteiger partial charge in [-0.2, -0.15) is 0 Å². The molecular formula is C13H18BrN3O3. The molecule has 1 aromatic carbocycles. The first-order valence-electron chi connectivity index (χ1n) is 6.24. The van der Waals surface area contributed by atoms with Crippen LogP contribution in [-0.4, -0.2) is 35.1 Å². The molecular weight excluding hydrogens is 326 g/mol. The predicted molar refractivity (Wildman–Crippen MR) is 80.5 cm³/mol. The van der Waals surface area contributed by atoms with Crippen LogP contribution in [0.1, 0.15) is 29.6 Å². The normalized spacial score (nSPS) is 14.2. The molecule has 0 atom stereocenters. The molecule has 7 heteroatoms. The summed E-state index contributed by atoms with van der Waals surface area (Å²) in [5.74, 6) is -1.00. The number of benzene rings is 1. The summed E-state index contributed by atoms with van der Waals surface area (Å²) in [5.41, 5.74) is 10.9. The second kappa shape index (κ2) is 7.74. The van der Waals surface area contributed by atoms with Crippen molar-refractivity contribution < 1.29 is 14.7 Å². The van der Waals surface area contributed by atoms with Crippen molar-refractivity contribution in [3.63, 3.8) is 0 Å². The van der Waals surface area contributed by atoms with Gasteiger partial charge in [0.1, 0.15) is 0 Å². The van der Waals surface area contributed by atoms with Crippen molar-refractivity contribution in [1.82, 2.24) is 4.90 Å². The molecule has 0 saturated carbocycles. The first-order chi connectivity index (χ1) is 9.41. The highest BCUT2D eigenvalue weighted by Crippen LogP contribution is 2.18. The number of hydrogen-bond donors (Lipinski definition) is 3. The van der Waals surface area contributed by atoms with Crippen LogP contribution in [0.3, 0.4) is 0 Å². The maximum absolute atomic E-state index is 10.5. The third-order valence-corrected chi connectivity index (χ3v) is 3.41. The topological polar surface area (TPSA) is 110 Å². The summed E-state index contributed by atoms with van der Waals surface area (Å²) in [7, 11) is 0. The van der Waals surface area contributed by atoms with Crippen LogP contribution < -0.4 is 11.5 Å². The van der Waals surface area contributed by atoms with Crippen LogP contribution in [0.5, 0.6) is 0 Å². The fourth-order valence-electron chi connectivity index (χ4n) is 1.84. The minimum Gasteiger partial charge on any atom is -0.478 e. The monoisotopic (exact) mass is 343 g/mol. The molecule has 0 radical (unpaired) electrons. The van der Waals surface area contributed by atoms with Gasteiger partial charge >= 0.3 is 12.0 Å². The number of halogens is 1. The van der Waals surface area contributed by atoms with Gasteiger partial charge in [0.15, 0.2) is 0 Å². The average Bonchev–Trinajstić information content (AvgIpc) is 2.40. The molecule has 110 valence electrons. The summed E-state index contributed by atoms with van der Waals surface area (Å²) in [6.45, 7) is 1.71. The predicted octanol–water partition coefficient (Wildman–Crippen LogP) is 2.28. The number of primary amides is 1. The van der Waals surface area contributed by atoms with E-state index in [1.54, 1.807) is 17.0 Å². The maximum Gasteiger partial charge on any atom is 0.337 e. The van der Waals surface area contributed by atoms with Gasteiger partial charge in [0.05, 0.1) is 5.56 Å². The van der Waals surface area contributed by atoms with Crippen LogP contribution in [0, 0.1) is 0 Å². The van der Waals surface area contributed by atoms with Crippen LogP contribution in [0.15, 0.2) is 22.7 Å². The van der Waals surface area contributed by atoms with Gasteiger partial charge in [-0.3, -0.25) is 0 Å². The molecule has 20 heavy (non-hydrogen) atoms. The first-order valence-corrected chi connectivity index (χ1v) is 7.04. The van der Waals surface area contributed by atoms with Crippen molar-refractivity contribution in [2.45, 2.75) is 19.3 Å². The lowest BCUT2D eigenvalue weighted by molar-refractivity contribution is 0.0698. The molecule has 2 rings (SSSR count). The zero-order valence-corrected chi connectivity index (χ0v) is 12.6. The molecule has 1 fully saturated rings. The van der Waals surface area contributed by atoms with Crippen LogP contribution in [0.2, 0.25) is 0 Å². The lowest BCUT2D eigenvalue weighted by atomic mass is 10.1. The Labute approximate surface area is 125 Å². The largest absolute Gasteiger partial charge is 0.478 e. The van der Waals surface area contributed by atoms with Crippen molar-refractivity contribution in [3.8, 4) is 0 Å². The number of nitrogens with two attached hydrogens (primary N) is 2. The number of carboxylic acid groups (broad SMARTS) is 1. The number of urea groups is 1. The number of piperidine rings is 1. The lowest BCUT2D eigenvalue weighted by Gasteiger charge is -2.24. The second-order valence-corrected chi connectivity index (χ2v) is 5.34. The standard InChI is InChI=1S/C7H6BrNO2.C6H12N2O/c8-4-1-2-5(7(10)11)6(9)3-4;7-6(9)8-4-2-1-3-5-8/h1-3H,9H2,(H,10,11);1-5H2,(H2,7,9). The summed E-state index contributed by atoms with van der Waals surface area (Å²) >= 11 is 3.17. The van der Waals surface area contributed by atoms with E-state index in [1.165, 1.54) is 12.5 Å². The molecule has 1 aliphatic heterocycles. The minimum atomic E-state index is -1.00. The summed E-state index contributed by atoms with van der Waals surface area (Å²) in [4.78, 5) is 22.6. The van der Waals surface area contributed by atoms with Crippen LogP contribution in [0.4, 0.5) is 10.5 Å². The van der Waals surface area contributed by atoms with E-state index in [0.29, 0.717) is 0 Å². The molecule has 5 N–H and O–H groups in total. The number of rotatable bonds is 1. The maximum atomic E-state index is 10.5. The molecule has 0 aromatic heterocycles. The number of nitrogen functional groups attached to an aromatic ring is 1. The smallest absolute Gasteiger partial charge is 0.337 e. The highest BCUT2D eigenvalue weighted by molar-refractivity contribution is 9.10. The molecule has 6 nitrogen and oxygen atoms in total. The Morgan fingerprint density at radius 1 is 1.20 bits per heavy atom. The van der Waals surface area contributed by atoms with Gasteiger partial charge in [-0.05, 0) is 37.5 Å². The van der Waals surface area contributed by atoms with Gasteiger partial charge in [0.25, 0.3) is 0 Å². The van der Waals surface area contributed by atoms with E-state index in [4.69, 9.17) is 16.6 Å². The van der Waals surface area contributed by atoms with E-state index in [2.05, 4.69) is 15.9 Å². The summed E-state index contributed by atoms with van der Waals surface area (Å²) in [6.07, 6.45) is 3.47. The number of hydrogen-bond acceptors (Lipinski definition) is 3. The van der Waals surface area contributed by atoms with Crippen molar-refractivity contribution in [2.75, 3.05) is 18.8 Å². The molecule has 0 bridgehead atoms. The molecule has 1 heterocycles. The van der Waals surface area contributed by atoms with Gasteiger partial charge in [-0.25, -0.2) is 9.59 Å². The van der Waals surface area contributed by atoms with Crippen LogP contribution in [0.25, 0.3) is 0 Å². The van der Waals surface area contributed by atoms with Crippen LogP contribution >= 0.6 is 15.9 Å². The highest BCUT2D eigenvalue weighted by Gasteiger charge is 2.11. The van der Waals surface area contributed by atoms with E-state index in [9.17, 15) is 9.59 Å². The van der Waals surface area contributed by atoms with Gasteiger partial charge in [0.2, 0.25) is 0 Å². The van der Waals surface area contributed by atoms with Crippen molar-refractivity contribution in [2.24, 2.45) is 5.73 Å². The van der Waals surface area contributed by atoms with Crippen LogP contribution in [-0.2, 0) is 0 Å². The zero-order valence-electron chi connectivity index (χ0n) is 11.0. The Kier molecular flexibility index (Phi) is 6.30. The average molecular weight is 344 g/mol. The number of likely N-dealkylation sites (tertiary alicyclic amines) is 1. The van der Waals surface area contributed by atoms with E-state index < -0.39 is 5.97 Å². The Hall–Kier alpha value is -1.76. The summed E-state index contributed by atoms with van der Waals surface area (Å²) in [5, 5.41) is 8.56. The van der Waals surface area contributed by atoms with Crippen molar-refractivity contribution >= 4 is 33.6 Å². The fourth-order valence-corrected chi connectivity index (χ4v) is 2.22.